The second kappa shape index (κ2) is 8.33. The molecule has 0 bridgehead atoms. The number of aromatic nitrogens is 2. The number of carbonyl (C=O) groups is 1. The van der Waals surface area contributed by atoms with Crippen molar-refractivity contribution < 1.29 is 4.79 Å². The predicted molar refractivity (Wildman–Crippen MR) is 72.9 cm³/mol. The van der Waals surface area contributed by atoms with E-state index in [0.29, 0.717) is 6.54 Å². The molecule has 1 aromatic heterocycles. The highest BCUT2D eigenvalue weighted by Crippen LogP contribution is 2.00. The summed E-state index contributed by atoms with van der Waals surface area (Å²) >= 11 is 0. The molecule has 0 unspecified atom stereocenters. The standard InChI is InChI=1S/C10H18N4O.2ClH/c1-7-4-9(3)14(13-7)6-10(15)12-8(2)5-11;;/h4,8H,5-6,11H2,1-3H3,(H,12,15);2*1H/t8-;;/m1../s1. The first kappa shape index (κ1) is 18.6. The molecule has 0 fully saturated rings. The van der Waals surface area contributed by atoms with Crippen LogP contribution in [0.1, 0.15) is 18.3 Å². The number of carbonyl (C=O) groups excluding carboxylic acids is 1. The number of nitrogens with zero attached hydrogens (tertiary/aromatic N) is 2. The average Bonchev–Trinajstić information content (AvgIpc) is 2.44. The van der Waals surface area contributed by atoms with Crippen LogP contribution in [0.2, 0.25) is 0 Å². The molecule has 1 atom stereocenters. The van der Waals surface area contributed by atoms with Crippen LogP contribution in [0.25, 0.3) is 0 Å². The van der Waals surface area contributed by atoms with Gasteiger partial charge in [-0.1, -0.05) is 0 Å². The zero-order chi connectivity index (χ0) is 11.4. The van der Waals surface area contributed by atoms with Gasteiger partial charge in [0.05, 0.1) is 5.69 Å². The third-order valence-electron chi connectivity index (χ3n) is 2.16. The Hall–Kier alpha value is -0.780. The summed E-state index contributed by atoms with van der Waals surface area (Å²) in [5.74, 6) is -0.0563. The van der Waals surface area contributed by atoms with Crippen LogP contribution >= 0.6 is 24.8 Å². The molecule has 0 aliphatic heterocycles. The molecule has 5 nitrogen and oxygen atoms in total. The summed E-state index contributed by atoms with van der Waals surface area (Å²) < 4.78 is 1.69. The van der Waals surface area contributed by atoms with E-state index in [4.69, 9.17) is 5.73 Å². The molecule has 0 saturated heterocycles. The van der Waals surface area contributed by atoms with Crippen LogP contribution in [-0.2, 0) is 11.3 Å². The van der Waals surface area contributed by atoms with Gasteiger partial charge in [0.2, 0.25) is 5.91 Å². The molecule has 0 aliphatic rings. The van der Waals surface area contributed by atoms with Crippen LogP contribution in [0.3, 0.4) is 0 Å². The van der Waals surface area contributed by atoms with E-state index in [1.165, 1.54) is 0 Å². The van der Waals surface area contributed by atoms with Crippen molar-refractivity contribution in [3.8, 4) is 0 Å². The second-order valence-electron chi connectivity index (χ2n) is 3.79. The fourth-order valence-corrected chi connectivity index (χ4v) is 1.35. The minimum absolute atomic E-state index is 0. The lowest BCUT2D eigenvalue weighted by atomic mass is 10.3. The normalized spacial score (nSPS) is 11.1. The van der Waals surface area contributed by atoms with Gasteiger partial charge < -0.3 is 11.1 Å². The van der Waals surface area contributed by atoms with Crippen molar-refractivity contribution in [3.63, 3.8) is 0 Å². The van der Waals surface area contributed by atoms with Crippen LogP contribution in [-0.4, -0.2) is 28.3 Å². The minimum Gasteiger partial charge on any atom is -0.351 e. The van der Waals surface area contributed by atoms with Gasteiger partial charge in [-0.25, -0.2) is 0 Å². The van der Waals surface area contributed by atoms with Crippen LogP contribution in [0.15, 0.2) is 6.07 Å². The minimum atomic E-state index is -0.0563. The molecule has 1 rings (SSSR count). The van der Waals surface area contributed by atoms with Gasteiger partial charge in [0, 0.05) is 18.3 Å². The Morgan fingerprint density at radius 2 is 2.12 bits per heavy atom. The zero-order valence-corrected chi connectivity index (χ0v) is 11.9. The number of hydrogen-bond donors (Lipinski definition) is 2. The van der Waals surface area contributed by atoms with Crippen molar-refractivity contribution in [1.82, 2.24) is 15.1 Å². The van der Waals surface area contributed by atoms with Gasteiger partial charge in [-0.05, 0) is 26.8 Å². The van der Waals surface area contributed by atoms with Crippen molar-refractivity contribution in [2.24, 2.45) is 5.73 Å². The summed E-state index contributed by atoms with van der Waals surface area (Å²) in [6.07, 6.45) is 0. The molecular formula is C10H20Cl2N4O. The summed E-state index contributed by atoms with van der Waals surface area (Å²) in [4.78, 5) is 11.5. The van der Waals surface area contributed by atoms with E-state index in [1.807, 2.05) is 26.8 Å². The quantitative estimate of drug-likeness (QED) is 0.858. The summed E-state index contributed by atoms with van der Waals surface area (Å²) in [7, 11) is 0. The topological polar surface area (TPSA) is 72.9 Å². The fourth-order valence-electron chi connectivity index (χ4n) is 1.35. The third-order valence-corrected chi connectivity index (χ3v) is 2.16. The van der Waals surface area contributed by atoms with Crippen LogP contribution < -0.4 is 11.1 Å². The molecule has 17 heavy (non-hydrogen) atoms. The van der Waals surface area contributed by atoms with Gasteiger partial charge >= 0.3 is 0 Å². The van der Waals surface area contributed by atoms with E-state index in [9.17, 15) is 4.79 Å². The van der Waals surface area contributed by atoms with Crippen LogP contribution in [0.4, 0.5) is 0 Å². The van der Waals surface area contributed by atoms with E-state index in [-0.39, 0.29) is 43.3 Å². The van der Waals surface area contributed by atoms with E-state index < -0.39 is 0 Å². The Kier molecular flexibility index (Phi) is 9.11. The summed E-state index contributed by atoms with van der Waals surface area (Å²) in [5, 5.41) is 7.00. The van der Waals surface area contributed by atoms with Gasteiger partial charge in [-0.2, -0.15) is 5.10 Å². The summed E-state index contributed by atoms with van der Waals surface area (Å²) in [6.45, 7) is 6.41. The number of rotatable bonds is 4. The first-order chi connectivity index (χ1) is 7.02. The first-order valence-corrected chi connectivity index (χ1v) is 5.03. The van der Waals surface area contributed by atoms with Crippen molar-refractivity contribution in [2.75, 3.05) is 6.54 Å². The Labute approximate surface area is 114 Å². The number of hydrogen-bond acceptors (Lipinski definition) is 3. The highest BCUT2D eigenvalue weighted by Gasteiger charge is 2.08. The highest BCUT2D eigenvalue weighted by atomic mass is 35.5. The summed E-state index contributed by atoms with van der Waals surface area (Å²) in [6, 6.07) is 1.95. The van der Waals surface area contributed by atoms with E-state index in [1.54, 1.807) is 4.68 Å². The lowest BCUT2D eigenvalue weighted by molar-refractivity contribution is -0.122. The molecule has 1 amide bonds. The average molecular weight is 283 g/mol. The third kappa shape index (κ3) is 5.91. The first-order valence-electron chi connectivity index (χ1n) is 5.03. The monoisotopic (exact) mass is 282 g/mol. The van der Waals surface area contributed by atoms with Gasteiger partial charge in [0.25, 0.3) is 0 Å². The van der Waals surface area contributed by atoms with E-state index >= 15 is 0 Å². The van der Waals surface area contributed by atoms with E-state index in [0.717, 1.165) is 11.4 Å². The summed E-state index contributed by atoms with van der Waals surface area (Å²) in [5.41, 5.74) is 7.32. The predicted octanol–water partition coefficient (Wildman–Crippen LogP) is 0.807. The highest BCUT2D eigenvalue weighted by molar-refractivity contribution is 5.85. The lowest BCUT2D eigenvalue weighted by Gasteiger charge is -2.11. The molecule has 1 heterocycles. The van der Waals surface area contributed by atoms with Gasteiger partial charge in [0.15, 0.2) is 0 Å². The number of nitrogens with one attached hydrogen (secondary N) is 1. The van der Waals surface area contributed by atoms with Crippen molar-refractivity contribution in [1.29, 1.82) is 0 Å². The smallest absolute Gasteiger partial charge is 0.241 e. The molecule has 0 radical (unpaired) electrons. The molecular weight excluding hydrogens is 263 g/mol. The largest absolute Gasteiger partial charge is 0.351 e. The van der Waals surface area contributed by atoms with E-state index in [2.05, 4.69) is 10.4 Å². The molecule has 0 saturated carbocycles. The lowest BCUT2D eigenvalue weighted by Crippen LogP contribution is -2.39. The van der Waals surface area contributed by atoms with Crippen molar-refractivity contribution in [3.05, 3.63) is 17.5 Å². The second-order valence-corrected chi connectivity index (χ2v) is 3.79. The number of nitrogens with two attached hydrogens (primary N) is 1. The van der Waals surface area contributed by atoms with Gasteiger partial charge in [-0.15, -0.1) is 24.8 Å². The SMILES string of the molecule is Cc1cc(C)n(CC(=O)N[C@H](C)CN)n1.Cl.Cl. The molecule has 7 heteroatoms. The molecule has 0 aliphatic carbocycles. The molecule has 3 N–H and O–H groups in total. The molecule has 1 aromatic rings. The maximum Gasteiger partial charge on any atom is 0.241 e. The Morgan fingerprint density at radius 1 is 1.53 bits per heavy atom. The maximum atomic E-state index is 11.5. The molecule has 100 valence electrons. The van der Waals surface area contributed by atoms with Crippen LogP contribution in [0, 0.1) is 13.8 Å². The van der Waals surface area contributed by atoms with Crippen LogP contribution in [0.5, 0.6) is 0 Å². The Balaban J connectivity index is 0. The van der Waals surface area contributed by atoms with Gasteiger partial charge in [-0.3, -0.25) is 9.48 Å². The number of amides is 1. The Morgan fingerprint density at radius 3 is 2.53 bits per heavy atom. The molecule has 0 aromatic carbocycles. The van der Waals surface area contributed by atoms with Gasteiger partial charge in [0.1, 0.15) is 6.54 Å². The maximum absolute atomic E-state index is 11.5. The zero-order valence-electron chi connectivity index (χ0n) is 10.3. The molecule has 0 spiro atoms. The fraction of sp³-hybridized carbons (Fsp3) is 0.600. The van der Waals surface area contributed by atoms with Crippen molar-refractivity contribution in [2.45, 2.75) is 33.4 Å². The number of halogens is 2. The van der Waals surface area contributed by atoms with Crippen molar-refractivity contribution >= 4 is 30.7 Å². The number of aryl methyl sites for hydroxylation is 2. The Bertz CT molecular complexity index is 354.